The molecule has 40 heavy (non-hydrogen) atoms. The molecule has 2 atom stereocenters. The van der Waals surface area contributed by atoms with E-state index in [-0.39, 0.29) is 17.9 Å². The summed E-state index contributed by atoms with van der Waals surface area (Å²) in [7, 11) is 0. The molecule has 1 saturated heterocycles. The first-order valence-electron chi connectivity index (χ1n) is 13.1. The predicted octanol–water partition coefficient (Wildman–Crippen LogP) is 4.97. The number of benzene rings is 2. The summed E-state index contributed by atoms with van der Waals surface area (Å²) in [5.41, 5.74) is 11.5. The minimum Gasteiger partial charge on any atom is -0.384 e. The molecule has 4 aromatic rings. The van der Waals surface area contributed by atoms with E-state index in [9.17, 15) is 4.79 Å². The molecular formula is C30H27ClN8O. The average molecular weight is 551 g/mol. The lowest BCUT2D eigenvalue weighted by molar-refractivity contribution is -0.128. The van der Waals surface area contributed by atoms with E-state index in [0.717, 1.165) is 40.9 Å². The van der Waals surface area contributed by atoms with Gasteiger partial charge in [0.2, 0.25) is 5.91 Å². The number of amides is 1. The maximum Gasteiger partial charge on any atom is 0.247 e. The van der Waals surface area contributed by atoms with Crippen LogP contribution in [0.25, 0.3) is 17.3 Å². The summed E-state index contributed by atoms with van der Waals surface area (Å²) in [4.78, 5) is 24.9. The monoisotopic (exact) mass is 550 g/mol. The number of likely N-dealkylation sites (tertiary alicyclic amines) is 1. The third-order valence-electron chi connectivity index (χ3n) is 7.39. The average Bonchev–Trinajstić information content (AvgIpc) is 3.70. The lowest BCUT2D eigenvalue weighted by Crippen LogP contribution is -2.51. The van der Waals surface area contributed by atoms with Crippen LogP contribution in [0.4, 0.5) is 5.82 Å². The van der Waals surface area contributed by atoms with Crippen LogP contribution in [0.3, 0.4) is 0 Å². The molecule has 2 aromatic heterocycles. The third-order valence-corrected chi connectivity index (χ3v) is 7.62. The number of halogens is 1. The van der Waals surface area contributed by atoms with Crippen molar-refractivity contribution < 1.29 is 4.79 Å². The molecule has 2 aromatic carbocycles. The topological polar surface area (TPSA) is 115 Å². The smallest absolute Gasteiger partial charge is 0.247 e. The Labute approximate surface area is 236 Å². The van der Waals surface area contributed by atoms with E-state index in [4.69, 9.17) is 22.3 Å². The Balaban J connectivity index is 1.30. The first kappa shape index (κ1) is 25.6. The molecular weight excluding hydrogens is 524 g/mol. The summed E-state index contributed by atoms with van der Waals surface area (Å²) in [6, 6.07) is 19.3. The van der Waals surface area contributed by atoms with Gasteiger partial charge in [0.1, 0.15) is 12.1 Å². The highest BCUT2D eigenvalue weighted by Gasteiger charge is 2.39. The summed E-state index contributed by atoms with van der Waals surface area (Å²) in [5, 5.41) is 12.0. The van der Waals surface area contributed by atoms with Crippen molar-refractivity contribution in [1.29, 1.82) is 0 Å². The number of hydrogen-bond donors (Lipinski definition) is 1. The lowest BCUT2D eigenvalue weighted by atomic mass is 9.80. The second kappa shape index (κ2) is 11.2. The van der Waals surface area contributed by atoms with E-state index in [2.05, 4.69) is 32.6 Å². The highest BCUT2D eigenvalue weighted by molar-refractivity contribution is 6.30. The molecule has 2 N–H and O–H groups in total. The number of hydrogen-bond acceptors (Lipinski definition) is 7. The van der Waals surface area contributed by atoms with Crippen molar-refractivity contribution in [2.75, 3.05) is 12.3 Å². The Hall–Kier alpha value is -4.63. The summed E-state index contributed by atoms with van der Waals surface area (Å²) < 4.78 is 1.54. The van der Waals surface area contributed by atoms with Gasteiger partial charge >= 0.3 is 0 Å². The highest BCUT2D eigenvalue weighted by atomic mass is 35.5. The number of pyridine rings is 1. The number of anilines is 1. The molecule has 4 heterocycles. The van der Waals surface area contributed by atoms with Gasteiger partial charge in [0.25, 0.3) is 0 Å². The second-order valence-electron chi connectivity index (χ2n) is 9.85. The van der Waals surface area contributed by atoms with E-state index in [1.54, 1.807) is 41.2 Å². The zero-order valence-corrected chi connectivity index (χ0v) is 22.4. The first-order valence-corrected chi connectivity index (χ1v) is 13.5. The van der Waals surface area contributed by atoms with Gasteiger partial charge in [-0.1, -0.05) is 41.9 Å². The van der Waals surface area contributed by atoms with E-state index in [0.29, 0.717) is 23.8 Å². The molecule has 0 radical (unpaired) electrons. The van der Waals surface area contributed by atoms with Crippen LogP contribution in [0.15, 0.2) is 90.5 Å². The maximum absolute atomic E-state index is 13.9. The number of aliphatic imine (C=N–C) groups is 1. The number of nitrogens with two attached hydrogens (primary N) is 1. The number of aromatic nitrogens is 5. The summed E-state index contributed by atoms with van der Waals surface area (Å²) in [6.45, 7) is 0.643. The van der Waals surface area contributed by atoms with Crippen LogP contribution in [0.2, 0.25) is 5.02 Å². The lowest BCUT2D eigenvalue weighted by Gasteiger charge is -2.41. The van der Waals surface area contributed by atoms with Crippen LogP contribution in [0.5, 0.6) is 0 Å². The molecule has 0 aliphatic carbocycles. The van der Waals surface area contributed by atoms with Gasteiger partial charge in [-0.3, -0.25) is 9.79 Å². The molecule has 0 bridgehead atoms. The van der Waals surface area contributed by atoms with Crippen molar-refractivity contribution in [2.24, 2.45) is 4.99 Å². The maximum atomic E-state index is 13.9. The minimum absolute atomic E-state index is 0.0847. The molecule has 0 unspecified atom stereocenters. The number of tetrazole rings is 1. The van der Waals surface area contributed by atoms with Crippen molar-refractivity contribution in [2.45, 2.75) is 31.2 Å². The van der Waals surface area contributed by atoms with Crippen molar-refractivity contribution in [3.05, 3.63) is 107 Å². The van der Waals surface area contributed by atoms with Crippen molar-refractivity contribution in [3.8, 4) is 5.69 Å². The Morgan fingerprint density at radius 2 is 1.98 bits per heavy atom. The first-order chi connectivity index (χ1) is 19.6. The van der Waals surface area contributed by atoms with Gasteiger partial charge in [0.05, 0.1) is 11.7 Å². The van der Waals surface area contributed by atoms with E-state index >= 15 is 0 Å². The zero-order valence-electron chi connectivity index (χ0n) is 21.6. The molecule has 9 nitrogen and oxygen atoms in total. The minimum atomic E-state index is -0.179. The van der Waals surface area contributed by atoms with Crippen LogP contribution in [0, 0.1) is 0 Å². The molecule has 2 aliphatic heterocycles. The van der Waals surface area contributed by atoms with Gasteiger partial charge in [0, 0.05) is 53.7 Å². The van der Waals surface area contributed by atoms with Gasteiger partial charge < -0.3 is 10.6 Å². The molecule has 1 amide bonds. The van der Waals surface area contributed by atoms with Crippen molar-refractivity contribution in [3.63, 3.8) is 0 Å². The van der Waals surface area contributed by atoms with Gasteiger partial charge in [-0.05, 0) is 76.4 Å². The molecule has 1 fully saturated rings. The van der Waals surface area contributed by atoms with E-state index in [1.807, 2.05) is 41.4 Å². The quantitative estimate of drug-likeness (QED) is 0.339. The number of piperidine rings is 1. The van der Waals surface area contributed by atoms with Gasteiger partial charge in [-0.25, -0.2) is 4.98 Å². The molecule has 0 saturated carbocycles. The van der Waals surface area contributed by atoms with Crippen LogP contribution >= 0.6 is 11.6 Å². The summed E-state index contributed by atoms with van der Waals surface area (Å²) >= 11 is 6.29. The molecule has 0 spiro atoms. The fraction of sp³-hybridized carbons (Fsp3) is 0.200. The third kappa shape index (κ3) is 5.28. The predicted molar refractivity (Wildman–Crippen MR) is 156 cm³/mol. The zero-order chi connectivity index (χ0) is 27.5. The second-order valence-corrected chi connectivity index (χ2v) is 10.3. The number of allylic oxidation sites excluding steroid dienone is 1. The van der Waals surface area contributed by atoms with Gasteiger partial charge in [-0.2, -0.15) is 4.68 Å². The Bertz CT molecular complexity index is 1600. The van der Waals surface area contributed by atoms with Crippen molar-refractivity contribution in [1.82, 2.24) is 30.1 Å². The fourth-order valence-electron chi connectivity index (χ4n) is 5.50. The fourth-order valence-corrected chi connectivity index (χ4v) is 5.68. The molecule has 200 valence electrons. The number of carbonyl (C=O) groups excluding carboxylic acids is 1. The largest absolute Gasteiger partial charge is 0.384 e. The molecule has 10 heteroatoms. The number of carbonyl (C=O) groups is 1. The Kier molecular flexibility index (Phi) is 7.20. The SMILES string of the molecule is Nc1ccc(C2=CN=C([C@@H]3[C@H](c4ccccc4)CCCN3C(=O)/C=C/c3cc(Cl)ccc3-n3cnnn3)C2)cn1. The van der Waals surface area contributed by atoms with E-state index < -0.39 is 0 Å². The van der Waals surface area contributed by atoms with Crippen molar-refractivity contribution >= 4 is 40.7 Å². The highest BCUT2D eigenvalue weighted by Crippen LogP contribution is 2.37. The summed E-state index contributed by atoms with van der Waals surface area (Å²) in [5.74, 6) is 0.524. The Morgan fingerprint density at radius 3 is 2.75 bits per heavy atom. The number of rotatable bonds is 6. The Morgan fingerprint density at radius 1 is 1.10 bits per heavy atom. The van der Waals surface area contributed by atoms with Crippen LogP contribution in [-0.2, 0) is 4.79 Å². The van der Waals surface area contributed by atoms with Crippen LogP contribution in [-0.4, -0.2) is 54.3 Å². The molecule has 6 rings (SSSR count). The van der Waals surface area contributed by atoms with Crippen LogP contribution < -0.4 is 5.73 Å². The van der Waals surface area contributed by atoms with Gasteiger partial charge in [0.15, 0.2) is 0 Å². The number of nitrogens with zero attached hydrogens (tertiary/aromatic N) is 7. The standard InChI is InChI=1S/C30H27ClN8O/c31-24-10-11-27(39-19-35-36-37-39)21(15-24)9-13-29(40)38-14-4-7-25(20-5-2-1-3-6-20)30(38)26-16-23(18-33-26)22-8-12-28(32)34-17-22/h1-3,5-6,8-13,15,17-19,25,30H,4,7,14,16H2,(H2,32,34)/b13-9+/t25-,30-/m0/s1. The summed E-state index contributed by atoms with van der Waals surface area (Å²) in [6.07, 6.45) is 11.1. The van der Waals surface area contributed by atoms with Gasteiger partial charge in [-0.15, -0.1) is 5.10 Å². The molecule has 2 aliphatic rings. The number of nitrogen functional groups attached to an aromatic ring is 1. The van der Waals surface area contributed by atoms with Crippen LogP contribution in [0.1, 0.15) is 41.9 Å². The normalized spacial score (nSPS) is 19.1. The van der Waals surface area contributed by atoms with E-state index in [1.165, 1.54) is 11.9 Å².